The number of halogens is 2. The van der Waals surface area contributed by atoms with Crippen molar-refractivity contribution in [1.82, 2.24) is 14.9 Å². The van der Waals surface area contributed by atoms with Gasteiger partial charge in [-0.2, -0.15) is 0 Å². The highest BCUT2D eigenvalue weighted by atomic mass is 19.1. The van der Waals surface area contributed by atoms with Crippen molar-refractivity contribution in [3.8, 4) is 22.6 Å². The number of likely N-dealkylation sites (N-methyl/N-ethyl adjacent to an activating group) is 1. The summed E-state index contributed by atoms with van der Waals surface area (Å²) in [5.41, 5.74) is 1.26. The quantitative estimate of drug-likeness (QED) is 0.357. The molecule has 1 aliphatic heterocycles. The van der Waals surface area contributed by atoms with E-state index in [0.717, 1.165) is 49.2 Å². The molecule has 1 aliphatic rings. The number of ether oxygens (including phenoxy) is 2. The smallest absolute Gasteiger partial charge is 0.176 e. The monoisotopic (exact) mass is 505 g/mol. The van der Waals surface area contributed by atoms with E-state index in [1.165, 1.54) is 20.3 Å². The Morgan fingerprint density at radius 3 is 2.14 bits per heavy atom. The number of anilines is 3. The summed E-state index contributed by atoms with van der Waals surface area (Å²) >= 11 is 0. The minimum absolute atomic E-state index is 0.0900. The Morgan fingerprint density at radius 1 is 0.811 bits per heavy atom. The first kappa shape index (κ1) is 24.7. The summed E-state index contributed by atoms with van der Waals surface area (Å²) in [6.07, 6.45) is 3.54. The predicted molar refractivity (Wildman–Crippen MR) is 142 cm³/mol. The molecule has 0 unspecified atom stereocenters. The standard InChI is InChI=1S/C28H29F2N5O2/c1-4-34-9-11-35(12-10-34)21-7-8-24(32-17-21)33-25-14-18-5-6-19(13-20(18)16-31-25)26-27(29)22(36-2)15-23(37-3)28(26)30/h5-8,13-17H,4,9-12H2,1-3H3,(H,31,32,33). The summed E-state index contributed by atoms with van der Waals surface area (Å²) in [5, 5.41) is 4.83. The Bertz CT molecular complexity index is 1380. The number of hydrogen-bond acceptors (Lipinski definition) is 7. The number of nitrogens with one attached hydrogen (secondary N) is 1. The SMILES string of the molecule is CCN1CCN(c2ccc(Nc3cc4ccc(-c5c(F)c(OC)cc(OC)c5F)cc4cn3)nc2)CC1. The molecular formula is C28H29F2N5O2. The fraction of sp³-hybridized carbons (Fsp3) is 0.286. The second-order valence-corrected chi connectivity index (χ2v) is 8.86. The maximum Gasteiger partial charge on any atom is 0.176 e. The van der Waals surface area contributed by atoms with Crippen LogP contribution in [0.4, 0.5) is 26.1 Å². The first-order chi connectivity index (χ1) is 18.0. The van der Waals surface area contributed by atoms with Crippen LogP contribution in [0.5, 0.6) is 11.5 Å². The van der Waals surface area contributed by atoms with Crippen LogP contribution >= 0.6 is 0 Å². The fourth-order valence-electron chi connectivity index (χ4n) is 4.61. The number of aromatic nitrogens is 2. The third kappa shape index (κ3) is 4.99. The fourth-order valence-corrected chi connectivity index (χ4v) is 4.61. The molecule has 1 fully saturated rings. The Hall–Kier alpha value is -3.98. The van der Waals surface area contributed by atoms with Gasteiger partial charge in [0.05, 0.1) is 31.7 Å². The summed E-state index contributed by atoms with van der Waals surface area (Å²) in [4.78, 5) is 13.8. The molecule has 0 aliphatic carbocycles. The van der Waals surface area contributed by atoms with Crippen molar-refractivity contribution in [2.75, 3.05) is 57.2 Å². The minimum Gasteiger partial charge on any atom is -0.494 e. The average Bonchev–Trinajstić information content (AvgIpc) is 2.94. The van der Waals surface area contributed by atoms with E-state index in [0.29, 0.717) is 17.2 Å². The lowest BCUT2D eigenvalue weighted by molar-refractivity contribution is 0.271. The lowest BCUT2D eigenvalue weighted by Crippen LogP contribution is -2.46. The molecule has 1 N–H and O–H groups in total. The van der Waals surface area contributed by atoms with Crippen LogP contribution in [0, 0.1) is 11.6 Å². The lowest BCUT2D eigenvalue weighted by atomic mass is 10.0. The minimum atomic E-state index is -0.784. The van der Waals surface area contributed by atoms with Crippen LogP contribution in [-0.4, -0.2) is 61.8 Å². The van der Waals surface area contributed by atoms with Crippen molar-refractivity contribution >= 4 is 28.1 Å². The molecule has 1 saturated heterocycles. The van der Waals surface area contributed by atoms with Gasteiger partial charge in [-0.3, -0.25) is 0 Å². The van der Waals surface area contributed by atoms with Crippen LogP contribution in [0.1, 0.15) is 6.92 Å². The molecule has 0 saturated carbocycles. The Balaban J connectivity index is 1.35. The summed E-state index contributed by atoms with van der Waals surface area (Å²) in [5.74, 6) is -0.439. The molecule has 7 nitrogen and oxygen atoms in total. The summed E-state index contributed by atoms with van der Waals surface area (Å²) in [6.45, 7) is 7.38. The number of benzene rings is 2. The second kappa shape index (κ2) is 10.6. The van der Waals surface area contributed by atoms with Gasteiger partial charge in [0, 0.05) is 43.8 Å². The van der Waals surface area contributed by atoms with Gasteiger partial charge in [-0.15, -0.1) is 0 Å². The van der Waals surface area contributed by atoms with Crippen LogP contribution in [-0.2, 0) is 0 Å². The molecule has 5 rings (SSSR count). The van der Waals surface area contributed by atoms with Crippen molar-refractivity contribution in [1.29, 1.82) is 0 Å². The molecule has 0 bridgehead atoms. The van der Waals surface area contributed by atoms with Gasteiger partial charge in [-0.25, -0.2) is 18.7 Å². The Kier molecular flexibility index (Phi) is 7.05. The first-order valence-electron chi connectivity index (χ1n) is 12.2. The zero-order chi connectivity index (χ0) is 25.9. The zero-order valence-electron chi connectivity index (χ0n) is 21.1. The molecule has 37 heavy (non-hydrogen) atoms. The van der Waals surface area contributed by atoms with E-state index in [4.69, 9.17) is 9.47 Å². The molecule has 0 amide bonds. The van der Waals surface area contributed by atoms with Crippen LogP contribution in [0.25, 0.3) is 21.9 Å². The highest BCUT2D eigenvalue weighted by molar-refractivity contribution is 5.89. The van der Waals surface area contributed by atoms with E-state index in [9.17, 15) is 8.78 Å². The van der Waals surface area contributed by atoms with E-state index in [-0.39, 0.29) is 17.1 Å². The van der Waals surface area contributed by atoms with Crippen molar-refractivity contribution in [3.05, 3.63) is 66.5 Å². The van der Waals surface area contributed by atoms with Crippen LogP contribution < -0.4 is 19.7 Å². The number of pyridine rings is 2. The van der Waals surface area contributed by atoms with Gasteiger partial charge in [0.1, 0.15) is 11.6 Å². The van der Waals surface area contributed by atoms with Gasteiger partial charge < -0.3 is 24.6 Å². The van der Waals surface area contributed by atoms with Crippen LogP contribution in [0.3, 0.4) is 0 Å². The number of methoxy groups -OCH3 is 2. The van der Waals surface area contributed by atoms with E-state index in [2.05, 4.69) is 38.1 Å². The topological polar surface area (TPSA) is 62.8 Å². The molecule has 0 radical (unpaired) electrons. The molecule has 9 heteroatoms. The maximum absolute atomic E-state index is 15.0. The highest BCUT2D eigenvalue weighted by Crippen LogP contribution is 2.38. The maximum atomic E-state index is 15.0. The number of hydrogen-bond donors (Lipinski definition) is 1. The van der Waals surface area contributed by atoms with Gasteiger partial charge in [0.25, 0.3) is 0 Å². The highest BCUT2D eigenvalue weighted by Gasteiger charge is 2.22. The van der Waals surface area contributed by atoms with Crippen LogP contribution in [0.15, 0.2) is 54.9 Å². The average molecular weight is 506 g/mol. The second-order valence-electron chi connectivity index (χ2n) is 8.86. The van der Waals surface area contributed by atoms with Gasteiger partial charge in [0.2, 0.25) is 0 Å². The third-order valence-corrected chi connectivity index (χ3v) is 6.77. The Morgan fingerprint density at radius 2 is 1.51 bits per heavy atom. The number of piperazine rings is 1. The summed E-state index contributed by atoms with van der Waals surface area (Å²) in [7, 11) is 2.66. The van der Waals surface area contributed by atoms with E-state index >= 15 is 0 Å². The summed E-state index contributed by atoms with van der Waals surface area (Å²) in [6, 6.07) is 12.2. The number of fused-ring (bicyclic) bond motifs is 1. The number of nitrogens with zero attached hydrogens (tertiary/aromatic N) is 4. The van der Waals surface area contributed by atoms with Gasteiger partial charge >= 0.3 is 0 Å². The zero-order valence-corrected chi connectivity index (χ0v) is 21.1. The van der Waals surface area contributed by atoms with Gasteiger partial charge in [-0.1, -0.05) is 19.1 Å². The molecule has 3 heterocycles. The Labute approximate surface area is 214 Å². The molecule has 2 aromatic carbocycles. The largest absolute Gasteiger partial charge is 0.494 e. The first-order valence-corrected chi connectivity index (χ1v) is 12.2. The lowest BCUT2D eigenvalue weighted by Gasteiger charge is -2.35. The van der Waals surface area contributed by atoms with Crippen molar-refractivity contribution in [2.45, 2.75) is 6.92 Å². The normalized spacial score (nSPS) is 14.1. The predicted octanol–water partition coefficient (Wildman–Crippen LogP) is 5.48. The molecule has 2 aromatic heterocycles. The molecule has 192 valence electrons. The summed E-state index contributed by atoms with van der Waals surface area (Å²) < 4.78 is 40.1. The number of rotatable bonds is 7. The molecule has 0 atom stereocenters. The van der Waals surface area contributed by atoms with E-state index in [1.54, 1.807) is 24.4 Å². The molecule has 4 aromatic rings. The van der Waals surface area contributed by atoms with E-state index < -0.39 is 11.6 Å². The van der Waals surface area contributed by atoms with Crippen molar-refractivity contribution in [3.63, 3.8) is 0 Å². The van der Waals surface area contributed by atoms with E-state index in [1.807, 2.05) is 18.3 Å². The van der Waals surface area contributed by atoms with Gasteiger partial charge in [0.15, 0.2) is 23.1 Å². The molecule has 0 spiro atoms. The van der Waals surface area contributed by atoms with Crippen molar-refractivity contribution in [2.24, 2.45) is 0 Å². The molecular weight excluding hydrogens is 476 g/mol. The van der Waals surface area contributed by atoms with Gasteiger partial charge in [-0.05, 0) is 41.8 Å². The van der Waals surface area contributed by atoms with Crippen molar-refractivity contribution < 1.29 is 18.3 Å². The van der Waals surface area contributed by atoms with Crippen LogP contribution in [0.2, 0.25) is 0 Å². The third-order valence-electron chi connectivity index (χ3n) is 6.77.